The van der Waals surface area contributed by atoms with Crippen LogP contribution in [0.4, 0.5) is 5.00 Å². The van der Waals surface area contributed by atoms with E-state index < -0.39 is 0 Å². The van der Waals surface area contributed by atoms with Crippen molar-refractivity contribution in [2.45, 2.75) is 32.1 Å². The first-order chi connectivity index (χ1) is 15.2. The molecule has 0 aromatic carbocycles. The van der Waals surface area contributed by atoms with E-state index in [9.17, 15) is 9.59 Å². The molecule has 0 saturated carbocycles. The van der Waals surface area contributed by atoms with Crippen LogP contribution in [0.5, 0.6) is 0 Å². The van der Waals surface area contributed by atoms with E-state index in [4.69, 9.17) is 0 Å². The van der Waals surface area contributed by atoms with Gasteiger partial charge in [-0.1, -0.05) is 12.1 Å². The average molecular weight is 466 g/mol. The Morgan fingerprint density at radius 1 is 1.06 bits per heavy atom. The molecule has 0 saturated heterocycles. The van der Waals surface area contributed by atoms with Crippen molar-refractivity contribution in [1.29, 1.82) is 0 Å². The van der Waals surface area contributed by atoms with Crippen LogP contribution in [-0.4, -0.2) is 21.7 Å². The molecule has 156 valence electrons. The standard InChI is InChI=1S/C23H19N3O2S3/c27-19(12-14-13-30-22(25-14)16-7-3-4-10-24-16)26-23-20(21(28)18-9-5-11-29-18)15-6-1-2-8-17(15)31-23/h3-5,7,9-11,13H,1-2,6,8,12H2,(H,26,27). The highest BCUT2D eigenvalue weighted by molar-refractivity contribution is 7.17. The summed E-state index contributed by atoms with van der Waals surface area (Å²) < 4.78 is 0. The molecule has 0 aliphatic heterocycles. The van der Waals surface area contributed by atoms with E-state index in [1.54, 1.807) is 17.5 Å². The number of nitrogens with one attached hydrogen (secondary N) is 1. The first-order valence-electron chi connectivity index (χ1n) is 10.1. The summed E-state index contributed by atoms with van der Waals surface area (Å²) in [6, 6.07) is 9.42. The van der Waals surface area contributed by atoms with Crippen LogP contribution in [0.3, 0.4) is 0 Å². The lowest BCUT2D eigenvalue weighted by atomic mass is 9.93. The molecule has 1 aliphatic carbocycles. The first kappa shape index (κ1) is 20.2. The minimum absolute atomic E-state index is 0.01000. The molecular weight excluding hydrogens is 446 g/mol. The van der Waals surface area contributed by atoms with E-state index in [1.807, 2.05) is 41.1 Å². The van der Waals surface area contributed by atoms with Crippen LogP contribution in [-0.2, 0) is 24.1 Å². The van der Waals surface area contributed by atoms with Crippen LogP contribution >= 0.6 is 34.0 Å². The smallest absolute Gasteiger partial charge is 0.231 e. The van der Waals surface area contributed by atoms with E-state index in [0.29, 0.717) is 21.1 Å². The number of hydrogen-bond acceptors (Lipinski definition) is 7. The second-order valence-electron chi connectivity index (χ2n) is 7.31. The monoisotopic (exact) mass is 465 g/mol. The third kappa shape index (κ3) is 4.23. The number of thiophene rings is 2. The van der Waals surface area contributed by atoms with Crippen LogP contribution in [0.1, 0.15) is 44.2 Å². The molecule has 0 radical (unpaired) electrons. The fourth-order valence-electron chi connectivity index (χ4n) is 3.76. The number of carbonyl (C=O) groups excluding carboxylic acids is 2. The zero-order valence-corrected chi connectivity index (χ0v) is 19.0. The Morgan fingerprint density at radius 3 is 2.77 bits per heavy atom. The molecule has 31 heavy (non-hydrogen) atoms. The summed E-state index contributed by atoms with van der Waals surface area (Å²) in [5.41, 5.74) is 3.31. The summed E-state index contributed by atoms with van der Waals surface area (Å²) >= 11 is 4.47. The summed E-state index contributed by atoms with van der Waals surface area (Å²) in [4.78, 5) is 36.9. The molecule has 0 spiro atoms. The maximum Gasteiger partial charge on any atom is 0.231 e. The largest absolute Gasteiger partial charge is 0.317 e. The fourth-order valence-corrected chi connectivity index (χ4v) is 6.52. The molecule has 5 rings (SSSR count). The summed E-state index contributed by atoms with van der Waals surface area (Å²) in [5.74, 6) is -0.146. The first-order valence-corrected chi connectivity index (χ1v) is 12.6. The highest BCUT2D eigenvalue weighted by Gasteiger charge is 2.27. The van der Waals surface area contributed by atoms with Gasteiger partial charge in [-0.15, -0.1) is 34.0 Å². The lowest BCUT2D eigenvalue weighted by molar-refractivity contribution is -0.115. The Bertz CT molecular complexity index is 1230. The number of aromatic nitrogens is 2. The van der Waals surface area contributed by atoms with Gasteiger partial charge in [0.1, 0.15) is 10.0 Å². The van der Waals surface area contributed by atoms with Gasteiger partial charge in [0.2, 0.25) is 11.7 Å². The van der Waals surface area contributed by atoms with Gasteiger partial charge in [-0.25, -0.2) is 4.98 Å². The number of anilines is 1. The topological polar surface area (TPSA) is 72.0 Å². The van der Waals surface area contributed by atoms with Crippen LogP contribution in [0, 0.1) is 0 Å². The second-order valence-corrected chi connectivity index (χ2v) is 10.2. The number of fused-ring (bicyclic) bond motifs is 1. The van der Waals surface area contributed by atoms with Crippen molar-refractivity contribution in [3.05, 3.63) is 73.9 Å². The molecule has 0 atom stereocenters. The lowest BCUT2D eigenvalue weighted by Gasteiger charge is -2.12. The highest BCUT2D eigenvalue weighted by atomic mass is 32.1. The third-order valence-corrected chi connectivity index (χ3v) is 8.16. The van der Waals surface area contributed by atoms with Crippen molar-refractivity contribution < 1.29 is 9.59 Å². The van der Waals surface area contributed by atoms with E-state index in [-0.39, 0.29) is 18.1 Å². The zero-order valence-electron chi connectivity index (χ0n) is 16.6. The van der Waals surface area contributed by atoms with E-state index in [1.165, 1.54) is 27.6 Å². The van der Waals surface area contributed by atoms with Crippen LogP contribution in [0.15, 0.2) is 47.3 Å². The summed E-state index contributed by atoms with van der Waals surface area (Å²) in [7, 11) is 0. The van der Waals surface area contributed by atoms with E-state index >= 15 is 0 Å². The molecule has 1 aliphatic rings. The number of amides is 1. The van der Waals surface area contributed by atoms with Crippen LogP contribution in [0.25, 0.3) is 10.7 Å². The molecule has 5 nitrogen and oxygen atoms in total. The SMILES string of the molecule is O=C(Cc1csc(-c2ccccn2)n1)Nc1sc2c(c1C(=O)c1cccs1)CCCC2. The van der Waals surface area contributed by atoms with Crippen LogP contribution in [0.2, 0.25) is 0 Å². The van der Waals surface area contributed by atoms with Gasteiger partial charge in [0.15, 0.2) is 0 Å². The number of aryl methyl sites for hydroxylation is 1. The van der Waals surface area contributed by atoms with Crippen molar-refractivity contribution in [2.24, 2.45) is 0 Å². The Morgan fingerprint density at radius 2 is 1.97 bits per heavy atom. The molecule has 8 heteroatoms. The maximum absolute atomic E-state index is 13.2. The minimum atomic E-state index is -0.156. The molecule has 0 unspecified atom stereocenters. The van der Waals surface area contributed by atoms with Gasteiger partial charge in [-0.3, -0.25) is 14.6 Å². The number of pyridine rings is 1. The molecule has 1 amide bonds. The maximum atomic E-state index is 13.2. The lowest BCUT2D eigenvalue weighted by Crippen LogP contribution is -2.16. The number of carbonyl (C=O) groups is 2. The van der Waals surface area contributed by atoms with E-state index in [0.717, 1.165) is 41.9 Å². The third-order valence-electron chi connectivity index (χ3n) is 5.17. The van der Waals surface area contributed by atoms with Gasteiger partial charge in [-0.05, 0) is 54.8 Å². The summed E-state index contributed by atoms with van der Waals surface area (Å²) in [6.07, 6.45) is 5.97. The Labute approximate surface area is 191 Å². The number of ketones is 1. The average Bonchev–Trinajstić information content (AvgIpc) is 3.54. The van der Waals surface area contributed by atoms with Crippen molar-refractivity contribution >= 4 is 50.7 Å². The Hall–Kier alpha value is -2.68. The number of nitrogens with zero attached hydrogens (tertiary/aromatic N) is 2. The van der Waals surface area contributed by atoms with Crippen LogP contribution < -0.4 is 5.32 Å². The van der Waals surface area contributed by atoms with Crippen molar-refractivity contribution in [3.63, 3.8) is 0 Å². The number of hydrogen-bond donors (Lipinski definition) is 1. The van der Waals surface area contributed by atoms with E-state index in [2.05, 4.69) is 15.3 Å². The summed E-state index contributed by atoms with van der Waals surface area (Å²) in [5, 5.41) is 8.29. The minimum Gasteiger partial charge on any atom is -0.317 e. The Balaban J connectivity index is 1.37. The fraction of sp³-hybridized carbons (Fsp3) is 0.217. The molecule has 4 aromatic rings. The van der Waals surface area contributed by atoms with Crippen molar-refractivity contribution in [2.75, 3.05) is 5.32 Å². The van der Waals surface area contributed by atoms with Crippen molar-refractivity contribution in [1.82, 2.24) is 9.97 Å². The molecule has 0 fully saturated rings. The zero-order chi connectivity index (χ0) is 21.2. The predicted octanol–water partition coefficient (Wildman–Crippen LogP) is 5.62. The molecule has 4 aromatic heterocycles. The van der Waals surface area contributed by atoms with Gasteiger partial charge in [0, 0.05) is 16.5 Å². The summed E-state index contributed by atoms with van der Waals surface area (Å²) in [6.45, 7) is 0. The highest BCUT2D eigenvalue weighted by Crippen LogP contribution is 2.40. The van der Waals surface area contributed by atoms with Gasteiger partial charge < -0.3 is 5.32 Å². The molecule has 0 bridgehead atoms. The quantitative estimate of drug-likeness (QED) is 0.375. The number of rotatable bonds is 6. The normalized spacial score (nSPS) is 13.0. The Kier molecular flexibility index (Phi) is 5.76. The van der Waals surface area contributed by atoms with Gasteiger partial charge in [0.25, 0.3) is 0 Å². The van der Waals surface area contributed by atoms with Gasteiger partial charge in [-0.2, -0.15) is 0 Å². The molecule has 1 N–H and O–H groups in total. The second kappa shape index (κ2) is 8.82. The number of thiazole rings is 1. The molecule has 4 heterocycles. The molecular formula is C23H19N3O2S3. The van der Waals surface area contributed by atoms with Crippen molar-refractivity contribution in [3.8, 4) is 10.7 Å². The van der Waals surface area contributed by atoms with Gasteiger partial charge in [0.05, 0.1) is 28.2 Å². The van der Waals surface area contributed by atoms with Gasteiger partial charge >= 0.3 is 0 Å². The predicted molar refractivity (Wildman–Crippen MR) is 126 cm³/mol.